The molecule has 0 saturated heterocycles. The Morgan fingerprint density at radius 1 is 1.26 bits per heavy atom. The zero-order valence-corrected chi connectivity index (χ0v) is 14.5. The van der Waals surface area contributed by atoms with Crippen LogP contribution in [0.25, 0.3) is 0 Å². The van der Waals surface area contributed by atoms with Crippen molar-refractivity contribution in [2.45, 2.75) is 33.2 Å². The summed E-state index contributed by atoms with van der Waals surface area (Å²) in [5.74, 6) is 1.79. The Hall–Kier alpha value is -1.67. The summed E-state index contributed by atoms with van der Waals surface area (Å²) in [5.41, 5.74) is 0. The van der Waals surface area contributed by atoms with Crippen LogP contribution in [0.2, 0.25) is 0 Å². The first-order chi connectivity index (χ1) is 11.3. The Balaban J connectivity index is 2.36. The second-order valence-corrected chi connectivity index (χ2v) is 4.92. The standard InChI is InChI=1S/C15H30N6O2/c1-4-14-20-19-13-21(14)10-8-17-15(18-9-12-22-3)16-7-6-11-23-5-2/h13H,4-12H2,1-3H3,(H2,16,17,18). The van der Waals surface area contributed by atoms with Crippen LogP contribution in [0.5, 0.6) is 0 Å². The molecule has 2 N–H and O–H groups in total. The van der Waals surface area contributed by atoms with Crippen molar-refractivity contribution in [3.63, 3.8) is 0 Å². The molecule has 0 saturated carbocycles. The highest BCUT2D eigenvalue weighted by molar-refractivity contribution is 5.79. The van der Waals surface area contributed by atoms with Crippen LogP contribution in [0.15, 0.2) is 11.3 Å². The molecule has 0 fully saturated rings. The molecule has 1 aromatic heterocycles. The van der Waals surface area contributed by atoms with Gasteiger partial charge in [0.15, 0.2) is 5.96 Å². The van der Waals surface area contributed by atoms with Gasteiger partial charge in [-0.3, -0.25) is 4.99 Å². The monoisotopic (exact) mass is 326 g/mol. The second-order valence-electron chi connectivity index (χ2n) is 4.92. The average molecular weight is 326 g/mol. The number of nitrogens with zero attached hydrogens (tertiary/aromatic N) is 4. The van der Waals surface area contributed by atoms with Crippen LogP contribution in [0.3, 0.4) is 0 Å². The van der Waals surface area contributed by atoms with E-state index in [4.69, 9.17) is 9.47 Å². The van der Waals surface area contributed by atoms with Crippen LogP contribution in [-0.4, -0.2) is 67.3 Å². The first kappa shape index (κ1) is 19.4. The summed E-state index contributed by atoms with van der Waals surface area (Å²) in [4.78, 5) is 4.55. The van der Waals surface area contributed by atoms with Gasteiger partial charge in [-0.05, 0) is 13.3 Å². The zero-order chi connectivity index (χ0) is 16.8. The SMILES string of the molecule is CCOCCCN=C(NCCOC)NCCn1cnnc1CC. The molecule has 1 rings (SSSR count). The summed E-state index contributed by atoms with van der Waals surface area (Å²) in [6.07, 6.45) is 3.55. The molecular weight excluding hydrogens is 296 g/mol. The molecule has 0 bridgehead atoms. The first-order valence-electron chi connectivity index (χ1n) is 8.27. The van der Waals surface area contributed by atoms with Gasteiger partial charge >= 0.3 is 0 Å². The van der Waals surface area contributed by atoms with Gasteiger partial charge in [0.05, 0.1) is 6.61 Å². The van der Waals surface area contributed by atoms with Crippen molar-refractivity contribution in [1.29, 1.82) is 0 Å². The smallest absolute Gasteiger partial charge is 0.191 e. The van der Waals surface area contributed by atoms with Crippen molar-refractivity contribution >= 4 is 5.96 Å². The van der Waals surface area contributed by atoms with E-state index in [0.717, 1.165) is 64.0 Å². The number of nitrogens with one attached hydrogen (secondary N) is 2. The Morgan fingerprint density at radius 3 is 2.83 bits per heavy atom. The number of guanidine groups is 1. The lowest BCUT2D eigenvalue weighted by Gasteiger charge is -2.13. The van der Waals surface area contributed by atoms with Crippen molar-refractivity contribution in [2.75, 3.05) is 46.6 Å². The topological polar surface area (TPSA) is 85.6 Å². The van der Waals surface area contributed by atoms with E-state index in [0.29, 0.717) is 6.61 Å². The molecule has 0 radical (unpaired) electrons. The lowest BCUT2D eigenvalue weighted by molar-refractivity contribution is 0.146. The molecule has 0 aliphatic heterocycles. The molecule has 0 aliphatic rings. The quantitative estimate of drug-likeness (QED) is 0.329. The zero-order valence-electron chi connectivity index (χ0n) is 14.5. The van der Waals surface area contributed by atoms with Crippen molar-refractivity contribution in [3.8, 4) is 0 Å². The van der Waals surface area contributed by atoms with E-state index in [1.807, 2.05) is 6.92 Å². The van der Waals surface area contributed by atoms with Crippen molar-refractivity contribution in [1.82, 2.24) is 25.4 Å². The van der Waals surface area contributed by atoms with E-state index < -0.39 is 0 Å². The highest BCUT2D eigenvalue weighted by Crippen LogP contribution is 1.94. The average Bonchev–Trinajstić information content (AvgIpc) is 3.02. The fourth-order valence-electron chi connectivity index (χ4n) is 1.98. The summed E-state index contributed by atoms with van der Waals surface area (Å²) >= 11 is 0. The van der Waals surface area contributed by atoms with Crippen LogP contribution in [-0.2, 0) is 22.4 Å². The lowest BCUT2D eigenvalue weighted by Crippen LogP contribution is -2.40. The summed E-state index contributed by atoms with van der Waals surface area (Å²) in [6.45, 7) is 9.23. The molecule has 1 aromatic rings. The molecule has 8 heteroatoms. The van der Waals surface area contributed by atoms with Gasteiger partial charge in [-0.1, -0.05) is 6.92 Å². The van der Waals surface area contributed by atoms with E-state index in [9.17, 15) is 0 Å². The maximum absolute atomic E-state index is 5.32. The summed E-state index contributed by atoms with van der Waals surface area (Å²) in [5, 5.41) is 14.6. The van der Waals surface area contributed by atoms with Gasteiger partial charge in [0.1, 0.15) is 12.2 Å². The van der Waals surface area contributed by atoms with Crippen LogP contribution < -0.4 is 10.6 Å². The van der Waals surface area contributed by atoms with Gasteiger partial charge in [0.2, 0.25) is 0 Å². The van der Waals surface area contributed by atoms with Crippen LogP contribution >= 0.6 is 0 Å². The molecular formula is C15H30N6O2. The summed E-state index contributed by atoms with van der Waals surface area (Å²) in [7, 11) is 1.69. The van der Waals surface area contributed by atoms with Gasteiger partial charge < -0.3 is 24.7 Å². The predicted octanol–water partition coefficient (Wildman–Crippen LogP) is 0.449. The first-order valence-corrected chi connectivity index (χ1v) is 8.27. The second kappa shape index (κ2) is 12.8. The number of aliphatic imine (C=N–C) groups is 1. The Bertz CT molecular complexity index is 435. The fraction of sp³-hybridized carbons (Fsp3) is 0.800. The minimum atomic E-state index is 0.644. The fourth-order valence-corrected chi connectivity index (χ4v) is 1.98. The number of methoxy groups -OCH3 is 1. The number of rotatable bonds is 12. The highest BCUT2D eigenvalue weighted by Gasteiger charge is 2.02. The van der Waals surface area contributed by atoms with E-state index in [-0.39, 0.29) is 0 Å². The molecule has 0 spiro atoms. The van der Waals surface area contributed by atoms with Crippen LogP contribution in [0.1, 0.15) is 26.1 Å². The Kier molecular flexibility index (Phi) is 10.8. The Labute approximate surface area is 138 Å². The number of aromatic nitrogens is 3. The third-order valence-corrected chi connectivity index (χ3v) is 3.18. The molecule has 132 valence electrons. The van der Waals surface area contributed by atoms with Gasteiger partial charge in [0, 0.05) is 52.9 Å². The number of hydrogen-bond acceptors (Lipinski definition) is 5. The largest absolute Gasteiger partial charge is 0.383 e. The van der Waals surface area contributed by atoms with E-state index in [2.05, 4.69) is 37.3 Å². The van der Waals surface area contributed by atoms with Gasteiger partial charge in [-0.25, -0.2) is 0 Å². The van der Waals surface area contributed by atoms with Gasteiger partial charge in [-0.15, -0.1) is 10.2 Å². The van der Waals surface area contributed by atoms with Crippen molar-refractivity contribution < 1.29 is 9.47 Å². The van der Waals surface area contributed by atoms with E-state index >= 15 is 0 Å². The molecule has 0 atom stereocenters. The van der Waals surface area contributed by atoms with Crippen LogP contribution in [0.4, 0.5) is 0 Å². The van der Waals surface area contributed by atoms with Gasteiger partial charge in [0.25, 0.3) is 0 Å². The minimum absolute atomic E-state index is 0.644. The maximum atomic E-state index is 5.32. The highest BCUT2D eigenvalue weighted by atomic mass is 16.5. The molecule has 0 amide bonds. The van der Waals surface area contributed by atoms with E-state index in [1.54, 1.807) is 13.4 Å². The van der Waals surface area contributed by atoms with Crippen LogP contribution in [0, 0.1) is 0 Å². The predicted molar refractivity (Wildman–Crippen MR) is 90.7 cm³/mol. The minimum Gasteiger partial charge on any atom is -0.383 e. The number of ether oxygens (including phenoxy) is 2. The van der Waals surface area contributed by atoms with Crippen molar-refractivity contribution in [3.05, 3.63) is 12.2 Å². The van der Waals surface area contributed by atoms with E-state index in [1.165, 1.54) is 0 Å². The molecule has 23 heavy (non-hydrogen) atoms. The molecule has 8 nitrogen and oxygen atoms in total. The Morgan fingerprint density at radius 2 is 2.09 bits per heavy atom. The number of hydrogen-bond donors (Lipinski definition) is 2. The lowest BCUT2D eigenvalue weighted by atomic mass is 10.4. The third-order valence-electron chi connectivity index (χ3n) is 3.18. The molecule has 0 aliphatic carbocycles. The molecule has 0 aromatic carbocycles. The third kappa shape index (κ3) is 8.51. The molecule has 0 unspecified atom stereocenters. The van der Waals surface area contributed by atoms with Gasteiger partial charge in [-0.2, -0.15) is 0 Å². The normalized spacial score (nSPS) is 11.7. The molecule has 1 heterocycles. The summed E-state index contributed by atoms with van der Waals surface area (Å²) in [6, 6.07) is 0. The summed E-state index contributed by atoms with van der Waals surface area (Å²) < 4.78 is 12.4. The number of aryl methyl sites for hydroxylation is 1. The van der Waals surface area contributed by atoms with Crippen molar-refractivity contribution in [2.24, 2.45) is 4.99 Å². The maximum Gasteiger partial charge on any atom is 0.191 e.